The molecule has 1 heterocycles. The lowest BCUT2D eigenvalue weighted by molar-refractivity contribution is -0.164. The van der Waals surface area contributed by atoms with E-state index in [1.54, 1.807) is 20.8 Å². The number of hydrogen-bond donors (Lipinski definition) is 1. The summed E-state index contributed by atoms with van der Waals surface area (Å²) in [6.45, 7) is 5.83. The van der Waals surface area contributed by atoms with Crippen LogP contribution in [0.5, 0.6) is 0 Å². The topological polar surface area (TPSA) is 85.3 Å². The van der Waals surface area contributed by atoms with Crippen LogP contribution in [0.15, 0.2) is 0 Å². The van der Waals surface area contributed by atoms with Gasteiger partial charge >= 0.3 is 12.1 Å². The average Bonchev–Trinajstić information content (AvgIpc) is 2.36. The summed E-state index contributed by atoms with van der Waals surface area (Å²) in [6.07, 6.45) is 1.99. The van der Waals surface area contributed by atoms with E-state index in [1.165, 1.54) is 0 Å². The number of nitrogens with zero attached hydrogens (tertiary/aromatic N) is 1. The number of hydrogen-bond acceptors (Lipinski definition) is 5. The Labute approximate surface area is 125 Å². The third kappa shape index (κ3) is 7.87. The molecule has 0 radical (unpaired) electrons. The van der Waals surface area contributed by atoms with Crippen molar-refractivity contribution in [1.29, 1.82) is 0 Å². The van der Waals surface area contributed by atoms with Gasteiger partial charge in [0.05, 0.1) is 6.61 Å². The van der Waals surface area contributed by atoms with Gasteiger partial charge in [-0.3, -0.25) is 9.69 Å². The van der Waals surface area contributed by atoms with Gasteiger partial charge in [0.2, 0.25) is 0 Å². The monoisotopic (exact) mass is 303 g/mol. The van der Waals surface area contributed by atoms with Crippen LogP contribution in [0.2, 0.25) is 0 Å². The fourth-order valence-corrected chi connectivity index (χ4v) is 1.86. The third-order valence-electron chi connectivity index (χ3n) is 2.78. The van der Waals surface area contributed by atoms with Crippen molar-refractivity contribution in [3.05, 3.63) is 0 Å². The first-order valence-electron chi connectivity index (χ1n) is 7.21. The minimum absolute atomic E-state index is 0.154. The summed E-state index contributed by atoms with van der Waals surface area (Å²) in [5, 5.41) is 8.86. The van der Waals surface area contributed by atoms with Gasteiger partial charge < -0.3 is 19.3 Å². The van der Waals surface area contributed by atoms with Crippen LogP contribution in [0.1, 0.15) is 40.0 Å². The number of carboxylic acids is 1. The molecule has 1 fully saturated rings. The number of carbonyl (C=O) groups is 2. The van der Waals surface area contributed by atoms with Gasteiger partial charge in [-0.2, -0.15) is 0 Å². The zero-order valence-corrected chi connectivity index (χ0v) is 13.0. The van der Waals surface area contributed by atoms with Gasteiger partial charge in [-0.15, -0.1) is 0 Å². The number of carbonyl (C=O) groups excluding carboxylic acids is 1. The molecule has 1 rings (SSSR count). The fraction of sp³-hybridized carbons (Fsp3) is 0.857. The summed E-state index contributed by atoms with van der Waals surface area (Å²) in [6, 6.07) is 0. The Morgan fingerprint density at radius 3 is 2.57 bits per heavy atom. The van der Waals surface area contributed by atoms with Gasteiger partial charge in [0.1, 0.15) is 12.1 Å². The molecule has 21 heavy (non-hydrogen) atoms. The van der Waals surface area contributed by atoms with Crippen molar-refractivity contribution in [3.63, 3.8) is 0 Å². The Hall–Kier alpha value is -1.34. The van der Waals surface area contributed by atoms with Crippen molar-refractivity contribution < 1.29 is 28.9 Å². The molecule has 7 heteroatoms. The lowest BCUT2D eigenvalue weighted by Crippen LogP contribution is -2.42. The van der Waals surface area contributed by atoms with E-state index in [-0.39, 0.29) is 19.4 Å². The highest BCUT2D eigenvalue weighted by atomic mass is 16.7. The van der Waals surface area contributed by atoms with Crippen molar-refractivity contribution in [2.75, 3.05) is 26.3 Å². The van der Waals surface area contributed by atoms with E-state index in [1.807, 2.05) is 0 Å². The third-order valence-corrected chi connectivity index (χ3v) is 2.78. The van der Waals surface area contributed by atoms with Gasteiger partial charge in [-0.05, 0) is 40.0 Å². The second kappa shape index (κ2) is 8.19. The van der Waals surface area contributed by atoms with E-state index in [9.17, 15) is 9.59 Å². The van der Waals surface area contributed by atoms with Gasteiger partial charge in [-0.25, -0.2) is 4.79 Å². The van der Waals surface area contributed by atoms with Crippen LogP contribution in [0.3, 0.4) is 0 Å². The molecule has 0 aromatic heterocycles. The fourth-order valence-electron chi connectivity index (χ4n) is 1.86. The Morgan fingerprint density at radius 2 is 2.05 bits per heavy atom. The summed E-state index contributed by atoms with van der Waals surface area (Å²) < 4.78 is 16.1. The molecule has 1 unspecified atom stereocenters. The van der Waals surface area contributed by atoms with E-state index in [2.05, 4.69) is 0 Å². The molecule has 0 aromatic rings. The molecule has 0 saturated carbocycles. The minimum atomic E-state index is -1.09. The molecular weight excluding hydrogens is 278 g/mol. The largest absolute Gasteiger partial charge is 0.480 e. The molecule has 0 bridgehead atoms. The molecular formula is C14H25NO6. The predicted molar refractivity (Wildman–Crippen MR) is 75.0 cm³/mol. The maximum absolute atomic E-state index is 11.9. The molecule has 1 aliphatic heterocycles. The van der Waals surface area contributed by atoms with Gasteiger partial charge in [-0.1, -0.05) is 0 Å². The Bertz CT molecular complexity index is 346. The van der Waals surface area contributed by atoms with E-state index in [4.69, 9.17) is 19.3 Å². The molecule has 1 amide bonds. The van der Waals surface area contributed by atoms with Crippen LogP contribution in [0.4, 0.5) is 4.79 Å². The Kier molecular flexibility index (Phi) is 6.91. The molecule has 0 aromatic carbocycles. The number of rotatable bonds is 6. The van der Waals surface area contributed by atoms with E-state index in [0.717, 1.165) is 24.2 Å². The number of amides is 1. The van der Waals surface area contributed by atoms with Crippen molar-refractivity contribution >= 4 is 12.1 Å². The smallest absolute Gasteiger partial charge is 0.410 e. The summed E-state index contributed by atoms with van der Waals surface area (Å²) in [5.41, 5.74) is -0.666. The van der Waals surface area contributed by atoms with Crippen LogP contribution in [-0.4, -0.2) is 60.3 Å². The van der Waals surface area contributed by atoms with Crippen molar-refractivity contribution in [2.24, 2.45) is 0 Å². The second-order valence-corrected chi connectivity index (χ2v) is 5.96. The standard InChI is InChI=1S/C14H25NO6/c1-14(2,3)21-13(18)15(10-11(16)17)7-9-20-12-6-4-5-8-19-12/h12H,4-10H2,1-3H3,(H,16,17). The minimum Gasteiger partial charge on any atom is -0.480 e. The van der Waals surface area contributed by atoms with Gasteiger partial charge in [0, 0.05) is 13.2 Å². The molecule has 1 N–H and O–H groups in total. The highest BCUT2D eigenvalue weighted by Crippen LogP contribution is 2.14. The molecule has 0 aliphatic carbocycles. The number of carboxylic acid groups (broad SMARTS) is 1. The van der Waals surface area contributed by atoms with Crippen LogP contribution in [0.25, 0.3) is 0 Å². The summed E-state index contributed by atoms with van der Waals surface area (Å²) in [4.78, 5) is 23.9. The molecule has 1 atom stereocenters. The number of aliphatic carboxylic acids is 1. The summed E-state index contributed by atoms with van der Waals surface area (Å²) in [7, 11) is 0. The van der Waals surface area contributed by atoms with E-state index >= 15 is 0 Å². The summed E-state index contributed by atoms with van der Waals surface area (Å²) in [5.74, 6) is -1.09. The highest BCUT2D eigenvalue weighted by Gasteiger charge is 2.24. The second-order valence-electron chi connectivity index (χ2n) is 5.96. The van der Waals surface area contributed by atoms with Gasteiger partial charge in [0.15, 0.2) is 6.29 Å². The molecule has 7 nitrogen and oxygen atoms in total. The van der Waals surface area contributed by atoms with E-state index < -0.39 is 24.2 Å². The molecule has 1 saturated heterocycles. The maximum atomic E-state index is 11.9. The summed E-state index contributed by atoms with van der Waals surface area (Å²) >= 11 is 0. The lowest BCUT2D eigenvalue weighted by Gasteiger charge is -2.27. The predicted octanol–water partition coefficient (Wildman–Crippen LogP) is 1.85. The Balaban J connectivity index is 2.41. The first-order valence-corrected chi connectivity index (χ1v) is 7.21. The van der Waals surface area contributed by atoms with Crippen molar-refractivity contribution in [1.82, 2.24) is 4.90 Å². The van der Waals surface area contributed by atoms with Crippen LogP contribution >= 0.6 is 0 Å². The normalized spacial score (nSPS) is 19.1. The van der Waals surface area contributed by atoms with Crippen molar-refractivity contribution in [3.8, 4) is 0 Å². The zero-order chi connectivity index (χ0) is 15.9. The maximum Gasteiger partial charge on any atom is 0.410 e. The quantitative estimate of drug-likeness (QED) is 0.806. The highest BCUT2D eigenvalue weighted by molar-refractivity contribution is 5.76. The average molecular weight is 303 g/mol. The molecule has 0 spiro atoms. The Morgan fingerprint density at radius 1 is 1.33 bits per heavy atom. The zero-order valence-electron chi connectivity index (χ0n) is 13.0. The van der Waals surface area contributed by atoms with Crippen LogP contribution in [0, 0.1) is 0 Å². The lowest BCUT2D eigenvalue weighted by atomic mass is 10.2. The van der Waals surface area contributed by atoms with Gasteiger partial charge in [0.25, 0.3) is 0 Å². The first kappa shape index (κ1) is 17.7. The molecule has 1 aliphatic rings. The van der Waals surface area contributed by atoms with Crippen LogP contribution in [-0.2, 0) is 19.0 Å². The SMILES string of the molecule is CC(C)(C)OC(=O)N(CCOC1CCCCO1)CC(=O)O. The van der Waals surface area contributed by atoms with E-state index in [0.29, 0.717) is 6.61 Å². The molecule has 122 valence electrons. The van der Waals surface area contributed by atoms with Crippen LogP contribution < -0.4 is 0 Å². The number of ether oxygens (including phenoxy) is 3. The first-order chi connectivity index (χ1) is 9.78. The van der Waals surface area contributed by atoms with Crippen molar-refractivity contribution in [2.45, 2.75) is 51.9 Å².